The lowest BCUT2D eigenvalue weighted by Crippen LogP contribution is -2.17. The van der Waals surface area contributed by atoms with Crippen LogP contribution in [0.5, 0.6) is 0 Å². The zero-order valence-electron chi connectivity index (χ0n) is 15.5. The predicted octanol–water partition coefficient (Wildman–Crippen LogP) is 4.35. The second-order valence-electron chi connectivity index (χ2n) is 6.68. The maximum Gasteiger partial charge on any atom is 0.274 e. The van der Waals surface area contributed by atoms with Gasteiger partial charge in [0.15, 0.2) is 0 Å². The van der Waals surface area contributed by atoms with Crippen molar-refractivity contribution in [2.75, 3.05) is 28.6 Å². The maximum absolute atomic E-state index is 13.7. The Hall–Kier alpha value is -3.55. The molecule has 1 aliphatic rings. The molecular weight excluding hydrogens is 376 g/mol. The van der Waals surface area contributed by atoms with E-state index >= 15 is 0 Å². The van der Waals surface area contributed by atoms with Crippen LogP contribution < -0.4 is 15.5 Å². The van der Waals surface area contributed by atoms with Gasteiger partial charge < -0.3 is 15.5 Å². The molecule has 0 atom stereocenters. The van der Waals surface area contributed by atoms with Gasteiger partial charge in [-0.15, -0.1) is 0 Å². The van der Waals surface area contributed by atoms with E-state index in [1.807, 2.05) is 24.3 Å². The lowest BCUT2D eigenvalue weighted by atomic mass is 10.2. The molecule has 1 saturated heterocycles. The van der Waals surface area contributed by atoms with Crippen LogP contribution >= 0.6 is 0 Å². The molecule has 1 aliphatic heterocycles. The summed E-state index contributed by atoms with van der Waals surface area (Å²) in [5, 5.41) is 5.25. The molecule has 1 amide bonds. The first kappa shape index (κ1) is 18.8. The van der Waals surface area contributed by atoms with Gasteiger partial charge in [0.2, 0.25) is 5.95 Å². The zero-order valence-corrected chi connectivity index (χ0v) is 15.5. The van der Waals surface area contributed by atoms with Crippen molar-refractivity contribution in [3.63, 3.8) is 0 Å². The van der Waals surface area contributed by atoms with Crippen LogP contribution in [0.4, 0.5) is 31.8 Å². The summed E-state index contributed by atoms with van der Waals surface area (Å²) in [7, 11) is 0. The quantitative estimate of drug-likeness (QED) is 0.672. The smallest absolute Gasteiger partial charge is 0.274 e. The molecule has 1 fully saturated rings. The number of para-hydroxylation sites is 1. The first-order valence-corrected chi connectivity index (χ1v) is 9.30. The summed E-state index contributed by atoms with van der Waals surface area (Å²) in [6.07, 6.45) is 3.82. The number of amides is 1. The molecule has 2 aromatic carbocycles. The minimum atomic E-state index is -0.858. The molecule has 0 aliphatic carbocycles. The third-order valence-electron chi connectivity index (χ3n) is 4.68. The van der Waals surface area contributed by atoms with Crippen molar-refractivity contribution < 1.29 is 13.6 Å². The minimum Gasteiger partial charge on any atom is -0.372 e. The van der Waals surface area contributed by atoms with Crippen molar-refractivity contribution in [2.45, 2.75) is 12.8 Å². The Morgan fingerprint density at radius 2 is 1.66 bits per heavy atom. The Kier molecular flexibility index (Phi) is 5.33. The van der Waals surface area contributed by atoms with E-state index in [9.17, 15) is 13.6 Å². The molecule has 29 heavy (non-hydrogen) atoms. The standard InChI is InChI=1S/C21H19F2N5O/c22-16-4-3-5-17(23)19(16)27-20(29)18-10-11-24-21(26-18)25-14-6-8-15(9-7-14)28-12-1-2-13-28/h3-11H,1-2,12-13H2,(H,27,29)(H,24,25,26). The van der Waals surface area contributed by atoms with Crippen LogP contribution in [0.3, 0.4) is 0 Å². The van der Waals surface area contributed by atoms with Gasteiger partial charge in [-0.25, -0.2) is 18.7 Å². The van der Waals surface area contributed by atoms with Gasteiger partial charge in [0.1, 0.15) is 23.0 Å². The van der Waals surface area contributed by atoms with Crippen LogP contribution in [0.15, 0.2) is 54.7 Å². The van der Waals surface area contributed by atoms with Gasteiger partial charge in [-0.05, 0) is 55.3 Å². The number of benzene rings is 2. The van der Waals surface area contributed by atoms with E-state index in [0.717, 1.165) is 36.6 Å². The SMILES string of the molecule is O=C(Nc1c(F)cccc1F)c1ccnc(Nc2ccc(N3CCCC3)cc2)n1. The van der Waals surface area contributed by atoms with Crippen LogP contribution in [0.2, 0.25) is 0 Å². The van der Waals surface area contributed by atoms with E-state index in [1.54, 1.807) is 0 Å². The van der Waals surface area contributed by atoms with Gasteiger partial charge in [0, 0.05) is 30.7 Å². The largest absolute Gasteiger partial charge is 0.372 e. The molecule has 0 saturated carbocycles. The van der Waals surface area contributed by atoms with Crippen molar-refractivity contribution in [1.82, 2.24) is 9.97 Å². The number of rotatable bonds is 5. The zero-order chi connectivity index (χ0) is 20.2. The van der Waals surface area contributed by atoms with Crippen LogP contribution in [-0.2, 0) is 0 Å². The fraction of sp³-hybridized carbons (Fsp3) is 0.190. The number of halogens is 2. The topological polar surface area (TPSA) is 70.2 Å². The van der Waals surface area contributed by atoms with E-state index in [1.165, 1.54) is 31.2 Å². The molecule has 2 N–H and O–H groups in total. The Labute approximate surface area is 166 Å². The van der Waals surface area contributed by atoms with E-state index in [2.05, 4.69) is 25.5 Å². The summed E-state index contributed by atoms with van der Waals surface area (Å²) in [6, 6.07) is 12.6. The number of hydrogen-bond acceptors (Lipinski definition) is 5. The first-order chi connectivity index (χ1) is 14.1. The van der Waals surface area contributed by atoms with Gasteiger partial charge in [-0.1, -0.05) is 6.07 Å². The third-order valence-corrected chi connectivity index (χ3v) is 4.68. The lowest BCUT2D eigenvalue weighted by Gasteiger charge is -2.17. The van der Waals surface area contributed by atoms with E-state index < -0.39 is 23.2 Å². The third kappa shape index (κ3) is 4.31. The number of anilines is 4. The fourth-order valence-electron chi connectivity index (χ4n) is 3.20. The molecule has 2 heterocycles. The number of nitrogens with zero attached hydrogens (tertiary/aromatic N) is 3. The molecule has 6 nitrogen and oxygen atoms in total. The second kappa shape index (κ2) is 8.22. The molecule has 4 rings (SSSR count). The molecule has 1 aromatic heterocycles. The normalized spacial score (nSPS) is 13.4. The second-order valence-corrected chi connectivity index (χ2v) is 6.68. The van der Waals surface area contributed by atoms with E-state index in [4.69, 9.17) is 0 Å². The maximum atomic E-state index is 13.7. The molecule has 0 bridgehead atoms. The first-order valence-electron chi connectivity index (χ1n) is 9.30. The van der Waals surface area contributed by atoms with Gasteiger partial charge >= 0.3 is 0 Å². The van der Waals surface area contributed by atoms with E-state index in [-0.39, 0.29) is 11.6 Å². The number of carbonyl (C=O) groups excluding carboxylic acids is 1. The van der Waals surface area contributed by atoms with Crippen LogP contribution in [0.25, 0.3) is 0 Å². The minimum absolute atomic E-state index is 0.0150. The molecular formula is C21H19F2N5O. The highest BCUT2D eigenvalue weighted by Crippen LogP contribution is 2.23. The van der Waals surface area contributed by atoms with Crippen molar-refractivity contribution in [3.05, 3.63) is 72.1 Å². The summed E-state index contributed by atoms with van der Waals surface area (Å²) in [4.78, 5) is 22.9. The highest BCUT2D eigenvalue weighted by Gasteiger charge is 2.15. The average Bonchev–Trinajstić information content (AvgIpc) is 3.26. The number of aromatic nitrogens is 2. The van der Waals surface area contributed by atoms with Crippen molar-refractivity contribution in [2.24, 2.45) is 0 Å². The Morgan fingerprint density at radius 3 is 2.34 bits per heavy atom. The van der Waals surface area contributed by atoms with Crippen LogP contribution in [-0.4, -0.2) is 29.0 Å². The van der Waals surface area contributed by atoms with Gasteiger partial charge in [0.25, 0.3) is 5.91 Å². The monoisotopic (exact) mass is 395 g/mol. The van der Waals surface area contributed by atoms with E-state index in [0.29, 0.717) is 0 Å². The fourth-order valence-corrected chi connectivity index (χ4v) is 3.20. The highest BCUT2D eigenvalue weighted by atomic mass is 19.1. The Bertz CT molecular complexity index is 1000. The van der Waals surface area contributed by atoms with Crippen LogP contribution in [0.1, 0.15) is 23.3 Å². The summed E-state index contributed by atoms with van der Waals surface area (Å²) >= 11 is 0. The molecule has 0 unspecified atom stereocenters. The summed E-state index contributed by atoms with van der Waals surface area (Å²) < 4.78 is 27.5. The molecule has 0 spiro atoms. The summed E-state index contributed by atoms with van der Waals surface area (Å²) in [5.74, 6) is -2.24. The molecule has 148 valence electrons. The molecule has 8 heteroatoms. The number of carbonyl (C=O) groups is 1. The number of hydrogen-bond donors (Lipinski definition) is 2. The van der Waals surface area contributed by atoms with Crippen molar-refractivity contribution in [1.29, 1.82) is 0 Å². The highest BCUT2D eigenvalue weighted by molar-refractivity contribution is 6.03. The Balaban J connectivity index is 1.46. The summed E-state index contributed by atoms with van der Waals surface area (Å²) in [6.45, 7) is 2.13. The average molecular weight is 395 g/mol. The van der Waals surface area contributed by atoms with Gasteiger partial charge in [-0.2, -0.15) is 0 Å². The lowest BCUT2D eigenvalue weighted by molar-refractivity contribution is 0.102. The van der Waals surface area contributed by atoms with Crippen molar-refractivity contribution in [3.8, 4) is 0 Å². The number of nitrogens with one attached hydrogen (secondary N) is 2. The Morgan fingerprint density at radius 1 is 0.966 bits per heavy atom. The summed E-state index contributed by atoms with van der Waals surface area (Å²) in [5.41, 5.74) is 1.40. The van der Waals surface area contributed by atoms with Gasteiger partial charge in [-0.3, -0.25) is 4.79 Å². The molecule has 3 aromatic rings. The van der Waals surface area contributed by atoms with Gasteiger partial charge in [0.05, 0.1) is 0 Å². The van der Waals surface area contributed by atoms with Crippen molar-refractivity contribution >= 4 is 28.9 Å². The predicted molar refractivity (Wildman–Crippen MR) is 108 cm³/mol. The van der Waals surface area contributed by atoms with Crippen LogP contribution in [0, 0.1) is 11.6 Å². The molecule has 0 radical (unpaired) electrons.